The van der Waals surface area contributed by atoms with Gasteiger partial charge in [0.05, 0.1) is 5.69 Å². The van der Waals surface area contributed by atoms with Gasteiger partial charge in [-0.05, 0) is 18.6 Å². The second-order valence-electron chi connectivity index (χ2n) is 6.07. The van der Waals surface area contributed by atoms with Crippen LogP contribution in [0.3, 0.4) is 0 Å². The molecule has 128 valence electrons. The molecule has 25 heavy (non-hydrogen) atoms. The minimum Gasteiger partial charge on any atom is -0.344 e. The number of aromatic nitrogens is 2. The van der Waals surface area contributed by atoms with E-state index < -0.39 is 0 Å². The molecule has 0 amide bonds. The van der Waals surface area contributed by atoms with E-state index in [4.69, 9.17) is 9.97 Å². The lowest BCUT2D eigenvalue weighted by atomic mass is 10.1. The van der Waals surface area contributed by atoms with E-state index in [1.807, 2.05) is 61.6 Å². The average Bonchev–Trinajstić information content (AvgIpc) is 2.67. The first-order valence-electron chi connectivity index (χ1n) is 8.74. The van der Waals surface area contributed by atoms with E-state index in [1.54, 1.807) is 0 Å². The Morgan fingerprint density at radius 3 is 2.28 bits per heavy atom. The van der Waals surface area contributed by atoms with Crippen LogP contribution in [-0.2, 0) is 0 Å². The maximum absolute atomic E-state index is 4.77. The number of hydrogen-bond donors (Lipinski definition) is 1. The zero-order valence-electron chi connectivity index (χ0n) is 14.8. The fourth-order valence-corrected chi connectivity index (χ4v) is 2.59. The van der Waals surface area contributed by atoms with Gasteiger partial charge >= 0.3 is 0 Å². The fraction of sp³-hybridized carbons (Fsp3) is 0.238. The normalized spacial score (nSPS) is 10.5. The Labute approximate surface area is 149 Å². The smallest absolute Gasteiger partial charge is 0.227 e. The predicted octanol–water partition coefficient (Wildman–Crippen LogP) is 5.12. The monoisotopic (exact) mass is 332 g/mol. The molecule has 2 aromatic carbocycles. The van der Waals surface area contributed by atoms with Crippen molar-refractivity contribution in [2.24, 2.45) is 0 Å². The van der Waals surface area contributed by atoms with Gasteiger partial charge in [0.25, 0.3) is 0 Å². The molecule has 0 aliphatic rings. The van der Waals surface area contributed by atoms with Crippen molar-refractivity contribution in [3.63, 3.8) is 0 Å². The molecule has 1 N–H and O–H groups in total. The topological polar surface area (TPSA) is 41.1 Å². The van der Waals surface area contributed by atoms with Gasteiger partial charge in [-0.25, -0.2) is 4.98 Å². The van der Waals surface area contributed by atoms with Gasteiger partial charge in [-0.2, -0.15) is 4.98 Å². The fourth-order valence-electron chi connectivity index (χ4n) is 2.59. The predicted molar refractivity (Wildman–Crippen MR) is 105 cm³/mol. The summed E-state index contributed by atoms with van der Waals surface area (Å²) in [7, 11) is 2.05. The number of benzene rings is 2. The summed E-state index contributed by atoms with van der Waals surface area (Å²) >= 11 is 0. The number of rotatable bonds is 7. The van der Waals surface area contributed by atoms with Crippen molar-refractivity contribution in [1.29, 1.82) is 0 Å². The highest BCUT2D eigenvalue weighted by atomic mass is 15.2. The second kappa shape index (κ2) is 8.29. The number of nitrogens with one attached hydrogen (secondary N) is 1. The third-order valence-electron chi connectivity index (χ3n) is 4.02. The van der Waals surface area contributed by atoms with E-state index in [1.165, 1.54) is 0 Å². The minimum atomic E-state index is 0.744. The Kier molecular flexibility index (Phi) is 5.62. The quantitative estimate of drug-likeness (QED) is 0.652. The summed E-state index contributed by atoms with van der Waals surface area (Å²) < 4.78 is 0. The second-order valence-corrected chi connectivity index (χ2v) is 6.07. The summed E-state index contributed by atoms with van der Waals surface area (Å²) in [5, 5.41) is 3.39. The third kappa shape index (κ3) is 4.57. The third-order valence-corrected chi connectivity index (χ3v) is 4.02. The molecule has 0 saturated carbocycles. The molecule has 1 aromatic heterocycles. The van der Waals surface area contributed by atoms with E-state index >= 15 is 0 Å². The molecule has 0 saturated heterocycles. The van der Waals surface area contributed by atoms with Crippen LogP contribution in [0.25, 0.3) is 11.3 Å². The summed E-state index contributed by atoms with van der Waals surface area (Å²) in [5.41, 5.74) is 3.03. The molecular formula is C21H24N4. The maximum Gasteiger partial charge on any atom is 0.227 e. The van der Waals surface area contributed by atoms with Gasteiger partial charge in [-0.3, -0.25) is 0 Å². The SMILES string of the molecule is CCCCN(C)c1nc(Nc2ccccc2)cc(-c2ccccc2)n1. The van der Waals surface area contributed by atoms with E-state index in [0.29, 0.717) is 0 Å². The van der Waals surface area contributed by atoms with Crippen LogP contribution in [0.5, 0.6) is 0 Å². The molecule has 0 unspecified atom stereocenters. The number of anilines is 3. The lowest BCUT2D eigenvalue weighted by molar-refractivity contribution is 0.751. The first kappa shape index (κ1) is 17.0. The molecule has 0 aliphatic heterocycles. The van der Waals surface area contributed by atoms with Crippen molar-refractivity contribution in [2.45, 2.75) is 19.8 Å². The van der Waals surface area contributed by atoms with Gasteiger partial charge in [0, 0.05) is 30.9 Å². The van der Waals surface area contributed by atoms with E-state index in [-0.39, 0.29) is 0 Å². The van der Waals surface area contributed by atoms with Crippen LogP contribution in [0, 0.1) is 0 Å². The summed E-state index contributed by atoms with van der Waals surface area (Å²) in [5.74, 6) is 1.55. The van der Waals surface area contributed by atoms with Crippen molar-refractivity contribution >= 4 is 17.5 Å². The molecule has 4 heteroatoms. The Morgan fingerprint density at radius 2 is 1.60 bits per heavy atom. The maximum atomic E-state index is 4.77. The van der Waals surface area contributed by atoms with Gasteiger partial charge in [-0.15, -0.1) is 0 Å². The zero-order chi connectivity index (χ0) is 17.5. The van der Waals surface area contributed by atoms with Crippen LogP contribution >= 0.6 is 0 Å². The van der Waals surface area contributed by atoms with Crippen LogP contribution in [0.1, 0.15) is 19.8 Å². The molecular weight excluding hydrogens is 308 g/mol. The summed E-state index contributed by atoms with van der Waals surface area (Å²) in [4.78, 5) is 11.6. The largest absolute Gasteiger partial charge is 0.344 e. The Balaban J connectivity index is 1.96. The van der Waals surface area contributed by atoms with Crippen molar-refractivity contribution in [1.82, 2.24) is 9.97 Å². The Bertz CT molecular complexity index is 788. The molecule has 0 fully saturated rings. The lowest BCUT2D eigenvalue weighted by Crippen LogP contribution is -2.21. The number of unbranched alkanes of at least 4 members (excludes halogenated alkanes) is 1. The van der Waals surface area contributed by atoms with Crippen LogP contribution in [-0.4, -0.2) is 23.6 Å². The first-order chi connectivity index (χ1) is 12.3. The van der Waals surface area contributed by atoms with Crippen molar-refractivity contribution in [3.05, 3.63) is 66.7 Å². The van der Waals surface area contributed by atoms with Gasteiger partial charge in [0.15, 0.2) is 0 Å². The molecule has 0 bridgehead atoms. The number of para-hydroxylation sites is 1. The van der Waals surface area contributed by atoms with Crippen molar-refractivity contribution < 1.29 is 0 Å². The van der Waals surface area contributed by atoms with Gasteiger partial charge in [0.2, 0.25) is 5.95 Å². The summed E-state index contributed by atoms with van der Waals surface area (Å²) in [6, 6.07) is 22.3. The van der Waals surface area contributed by atoms with E-state index in [2.05, 4.69) is 29.3 Å². The minimum absolute atomic E-state index is 0.744. The highest BCUT2D eigenvalue weighted by Gasteiger charge is 2.10. The average molecular weight is 332 g/mol. The van der Waals surface area contributed by atoms with Gasteiger partial charge in [-0.1, -0.05) is 61.9 Å². The van der Waals surface area contributed by atoms with Gasteiger partial charge in [0.1, 0.15) is 5.82 Å². The Hall–Kier alpha value is -2.88. The standard InChI is InChI=1S/C21H24N4/c1-3-4-15-25(2)21-23-19(17-11-7-5-8-12-17)16-20(24-21)22-18-13-9-6-10-14-18/h5-14,16H,3-4,15H2,1-2H3,(H,22,23,24). The molecule has 1 heterocycles. The molecule has 0 radical (unpaired) electrons. The molecule has 0 spiro atoms. The molecule has 0 aliphatic carbocycles. The molecule has 3 rings (SSSR count). The lowest BCUT2D eigenvalue weighted by Gasteiger charge is -2.19. The van der Waals surface area contributed by atoms with Crippen LogP contribution in [0.2, 0.25) is 0 Å². The van der Waals surface area contributed by atoms with E-state index in [9.17, 15) is 0 Å². The molecule has 4 nitrogen and oxygen atoms in total. The van der Waals surface area contributed by atoms with Crippen molar-refractivity contribution in [2.75, 3.05) is 23.8 Å². The van der Waals surface area contributed by atoms with E-state index in [0.717, 1.165) is 48.1 Å². The summed E-state index contributed by atoms with van der Waals surface area (Å²) in [6.07, 6.45) is 2.27. The van der Waals surface area contributed by atoms with Crippen molar-refractivity contribution in [3.8, 4) is 11.3 Å². The van der Waals surface area contributed by atoms with Crippen LogP contribution in [0.15, 0.2) is 66.7 Å². The van der Waals surface area contributed by atoms with Crippen LogP contribution in [0.4, 0.5) is 17.5 Å². The highest BCUT2D eigenvalue weighted by molar-refractivity contribution is 5.67. The zero-order valence-corrected chi connectivity index (χ0v) is 14.8. The number of nitrogens with zero attached hydrogens (tertiary/aromatic N) is 3. The molecule has 3 aromatic rings. The number of hydrogen-bond acceptors (Lipinski definition) is 4. The Morgan fingerprint density at radius 1 is 0.920 bits per heavy atom. The first-order valence-corrected chi connectivity index (χ1v) is 8.74. The summed E-state index contributed by atoms with van der Waals surface area (Å²) in [6.45, 7) is 3.14. The highest BCUT2D eigenvalue weighted by Crippen LogP contribution is 2.24. The van der Waals surface area contributed by atoms with Gasteiger partial charge < -0.3 is 10.2 Å². The molecule has 0 atom stereocenters. The van der Waals surface area contributed by atoms with Crippen LogP contribution < -0.4 is 10.2 Å².